The Kier molecular flexibility index (Phi) is 12.1. The fraction of sp³-hybridized carbons (Fsp3) is 0.600. The molecule has 0 N–H and O–H groups in total. The first-order valence-electron chi connectivity index (χ1n) is 15.4. The fourth-order valence-corrected chi connectivity index (χ4v) is 5.54. The van der Waals surface area contributed by atoms with Crippen molar-refractivity contribution in [3.05, 3.63) is 64.2 Å². The Morgan fingerprint density at radius 1 is 0.949 bits per heavy atom. The lowest BCUT2D eigenvalue weighted by molar-refractivity contribution is -0.134. The highest BCUT2D eigenvalue weighted by Crippen LogP contribution is 2.38. The van der Waals surface area contributed by atoms with E-state index in [1.54, 1.807) is 0 Å². The number of hydrogen-bond acceptors (Lipinski definition) is 4. The molecule has 0 atom stereocenters. The number of rotatable bonds is 15. The molecule has 1 aliphatic heterocycles. The van der Waals surface area contributed by atoms with Gasteiger partial charge in [-0.3, -0.25) is 9.79 Å². The molecule has 0 bridgehead atoms. The van der Waals surface area contributed by atoms with Crippen LogP contribution in [0.4, 0.5) is 0 Å². The summed E-state index contributed by atoms with van der Waals surface area (Å²) in [6.07, 6.45) is 12.4. The minimum absolute atomic E-state index is 0.106. The highest BCUT2D eigenvalue weighted by atomic mass is 16.5. The molecule has 0 radical (unpaired) electrons. The number of ether oxygens (including phenoxy) is 1. The van der Waals surface area contributed by atoms with E-state index in [0.29, 0.717) is 6.42 Å². The summed E-state index contributed by atoms with van der Waals surface area (Å²) in [6.45, 7) is 15.8. The smallest absolute Gasteiger partial charge is 0.311 e. The van der Waals surface area contributed by atoms with Gasteiger partial charge in [-0.2, -0.15) is 0 Å². The Hall–Kier alpha value is -2.62. The first-order valence-corrected chi connectivity index (χ1v) is 15.4. The van der Waals surface area contributed by atoms with E-state index in [1.165, 1.54) is 61.6 Å². The van der Waals surface area contributed by atoms with Gasteiger partial charge in [-0.15, -0.1) is 0 Å². The molecule has 0 aliphatic carbocycles. The zero-order chi connectivity index (χ0) is 28.3. The second-order valence-electron chi connectivity index (χ2n) is 12.4. The maximum absolute atomic E-state index is 13.0. The Balaban J connectivity index is 1.65. The van der Waals surface area contributed by atoms with Crippen molar-refractivity contribution in [1.82, 2.24) is 4.90 Å². The number of benzene rings is 2. The second-order valence-corrected chi connectivity index (χ2v) is 12.4. The van der Waals surface area contributed by atoms with E-state index in [4.69, 9.17) is 9.73 Å². The van der Waals surface area contributed by atoms with E-state index >= 15 is 0 Å². The van der Waals surface area contributed by atoms with Gasteiger partial charge in [-0.25, -0.2) is 0 Å². The molecule has 1 heterocycles. The van der Waals surface area contributed by atoms with Crippen LogP contribution in [-0.4, -0.2) is 29.8 Å². The van der Waals surface area contributed by atoms with Crippen molar-refractivity contribution in [3.63, 3.8) is 0 Å². The molecule has 0 spiro atoms. The van der Waals surface area contributed by atoms with Gasteiger partial charge in [0.2, 0.25) is 0 Å². The molecule has 0 fully saturated rings. The lowest BCUT2D eigenvalue weighted by Gasteiger charge is -2.27. The minimum Gasteiger partial charge on any atom is -0.426 e. The molecule has 2 aromatic carbocycles. The molecule has 3 rings (SSSR count). The van der Waals surface area contributed by atoms with Gasteiger partial charge in [0.25, 0.3) is 0 Å². The molecule has 2 aromatic rings. The van der Waals surface area contributed by atoms with Crippen LogP contribution in [-0.2, 0) is 23.2 Å². The van der Waals surface area contributed by atoms with Crippen LogP contribution in [0.25, 0.3) is 0 Å². The molecule has 0 saturated heterocycles. The summed E-state index contributed by atoms with van der Waals surface area (Å²) in [7, 11) is 0. The van der Waals surface area contributed by atoms with Crippen LogP contribution in [0.15, 0.2) is 41.4 Å². The van der Waals surface area contributed by atoms with Crippen LogP contribution >= 0.6 is 0 Å². The molecule has 1 aliphatic rings. The van der Waals surface area contributed by atoms with E-state index in [9.17, 15) is 4.79 Å². The summed E-state index contributed by atoms with van der Waals surface area (Å²) in [6, 6.07) is 12.8. The van der Waals surface area contributed by atoms with Gasteiger partial charge in [-0.1, -0.05) is 115 Å². The van der Waals surface area contributed by atoms with Crippen LogP contribution in [0.2, 0.25) is 0 Å². The van der Waals surface area contributed by atoms with Gasteiger partial charge in [0.15, 0.2) is 0 Å². The Morgan fingerprint density at radius 2 is 1.59 bits per heavy atom. The van der Waals surface area contributed by atoms with Gasteiger partial charge in [-0.05, 0) is 47.9 Å². The molecule has 4 heteroatoms. The molecule has 0 aromatic heterocycles. The number of carbonyl (C=O) groups excluding carboxylic acids is 1. The first kappa shape index (κ1) is 30.9. The van der Waals surface area contributed by atoms with Crippen molar-refractivity contribution in [1.29, 1.82) is 0 Å². The van der Waals surface area contributed by atoms with Crippen LogP contribution in [0, 0.1) is 13.8 Å². The van der Waals surface area contributed by atoms with E-state index in [0.717, 1.165) is 61.6 Å². The Bertz CT molecular complexity index is 1080. The molecular formula is C35H52N2O2. The van der Waals surface area contributed by atoms with Crippen molar-refractivity contribution in [2.24, 2.45) is 4.99 Å². The number of nitrogens with zero attached hydrogens (tertiary/aromatic N) is 2. The monoisotopic (exact) mass is 532 g/mol. The lowest BCUT2D eigenvalue weighted by Crippen LogP contribution is -2.29. The van der Waals surface area contributed by atoms with Gasteiger partial charge in [0, 0.05) is 31.5 Å². The number of aliphatic imine (C=N–C) groups is 1. The average molecular weight is 533 g/mol. The zero-order valence-corrected chi connectivity index (χ0v) is 25.6. The van der Waals surface area contributed by atoms with Crippen molar-refractivity contribution in [2.45, 2.75) is 124 Å². The number of aryl methyl sites for hydroxylation is 1. The summed E-state index contributed by atoms with van der Waals surface area (Å²) in [5.74, 6) is 1.78. The van der Waals surface area contributed by atoms with Gasteiger partial charge < -0.3 is 9.64 Å². The molecule has 39 heavy (non-hydrogen) atoms. The normalized spacial score (nSPS) is 13.6. The van der Waals surface area contributed by atoms with Gasteiger partial charge in [0.05, 0.1) is 6.54 Å². The van der Waals surface area contributed by atoms with E-state index in [2.05, 4.69) is 82.8 Å². The molecular weight excluding hydrogens is 480 g/mol. The molecule has 214 valence electrons. The maximum Gasteiger partial charge on any atom is 0.311 e. The third-order valence-corrected chi connectivity index (χ3v) is 7.96. The van der Waals surface area contributed by atoms with Crippen molar-refractivity contribution in [2.75, 3.05) is 13.1 Å². The zero-order valence-electron chi connectivity index (χ0n) is 25.6. The second kappa shape index (κ2) is 15.2. The highest BCUT2D eigenvalue weighted by molar-refractivity contribution is 5.87. The van der Waals surface area contributed by atoms with Crippen molar-refractivity contribution >= 4 is 11.8 Å². The van der Waals surface area contributed by atoms with Crippen molar-refractivity contribution in [3.8, 4) is 5.75 Å². The Labute approximate surface area is 238 Å². The predicted molar refractivity (Wildman–Crippen MR) is 165 cm³/mol. The SMILES string of the molecule is CCCCCCCCCCCC(=O)Oc1c(C(C)(C)C)cc(C)c(CC2=NCCN2Cc2ccccc2)c1C. The van der Waals surface area contributed by atoms with Crippen LogP contribution in [0.5, 0.6) is 5.75 Å². The minimum atomic E-state index is -0.119. The van der Waals surface area contributed by atoms with Crippen LogP contribution in [0.1, 0.15) is 120 Å². The molecule has 0 amide bonds. The predicted octanol–water partition coefficient (Wildman–Crippen LogP) is 8.88. The first-order chi connectivity index (χ1) is 18.7. The van der Waals surface area contributed by atoms with Crippen molar-refractivity contribution < 1.29 is 9.53 Å². The average Bonchev–Trinajstić information content (AvgIpc) is 3.33. The van der Waals surface area contributed by atoms with Gasteiger partial charge in [0.1, 0.15) is 11.6 Å². The molecule has 0 unspecified atom stereocenters. The maximum atomic E-state index is 13.0. The topological polar surface area (TPSA) is 41.9 Å². The standard InChI is InChI=1S/C35H52N2O2/c1-7-8-9-10-11-12-13-14-18-21-33(38)39-34-28(3)30(27(2)24-31(34)35(4,5)6)25-32-36-22-23-37(32)26-29-19-16-15-17-20-29/h15-17,19-20,24H,7-14,18,21-23,25-26H2,1-6H3. The lowest BCUT2D eigenvalue weighted by atomic mass is 9.82. The number of esters is 1. The van der Waals surface area contributed by atoms with E-state index < -0.39 is 0 Å². The number of carbonyl (C=O) groups is 1. The van der Waals surface area contributed by atoms with E-state index in [1.807, 2.05) is 0 Å². The van der Waals surface area contributed by atoms with E-state index in [-0.39, 0.29) is 11.4 Å². The number of amidine groups is 1. The number of unbranched alkanes of at least 4 members (excludes halogenated alkanes) is 8. The Morgan fingerprint density at radius 3 is 2.23 bits per heavy atom. The molecule has 4 nitrogen and oxygen atoms in total. The van der Waals surface area contributed by atoms with Crippen LogP contribution in [0.3, 0.4) is 0 Å². The third kappa shape index (κ3) is 9.51. The summed E-state index contributed by atoms with van der Waals surface area (Å²) in [5.41, 5.74) is 5.84. The summed E-state index contributed by atoms with van der Waals surface area (Å²) in [4.78, 5) is 20.3. The molecule has 0 saturated carbocycles. The fourth-order valence-electron chi connectivity index (χ4n) is 5.54. The third-order valence-electron chi connectivity index (χ3n) is 7.96. The number of hydrogen-bond donors (Lipinski definition) is 0. The highest BCUT2D eigenvalue weighted by Gasteiger charge is 2.27. The summed E-state index contributed by atoms with van der Waals surface area (Å²) >= 11 is 0. The largest absolute Gasteiger partial charge is 0.426 e. The summed E-state index contributed by atoms with van der Waals surface area (Å²) in [5, 5.41) is 0. The summed E-state index contributed by atoms with van der Waals surface area (Å²) < 4.78 is 6.17. The van der Waals surface area contributed by atoms with Gasteiger partial charge >= 0.3 is 5.97 Å². The van der Waals surface area contributed by atoms with Crippen LogP contribution < -0.4 is 4.74 Å². The quantitative estimate of drug-likeness (QED) is 0.131.